The Bertz CT molecular complexity index is 2060. The lowest BCUT2D eigenvalue weighted by molar-refractivity contribution is -0.135. The van der Waals surface area contributed by atoms with Crippen molar-refractivity contribution in [2.24, 2.45) is 5.92 Å². The number of imidazole rings is 2. The molecule has 1 saturated heterocycles. The van der Waals surface area contributed by atoms with Crippen LogP contribution < -0.4 is 16.0 Å². The van der Waals surface area contributed by atoms with Gasteiger partial charge in [-0.15, -0.1) is 11.3 Å². The third kappa shape index (κ3) is 12.4. The van der Waals surface area contributed by atoms with Gasteiger partial charge in [0.15, 0.2) is 0 Å². The number of benzene rings is 2. The SMILES string of the molecule is CCC.COC.COC(=O)NC(C(=O)N1CCCC1c1ncc(-c2ccc(-c3nc4cc(-c5cnc(CCCCNC(=O)CNC=O)[nH]5)ccc4s3)cc2)[nH]1)C(C)C. The number of methoxy groups -OCH3 is 2. The molecule has 0 spiro atoms. The fourth-order valence-electron chi connectivity index (χ4n) is 6.33. The highest BCUT2D eigenvalue weighted by molar-refractivity contribution is 7.21. The van der Waals surface area contributed by atoms with Crippen molar-refractivity contribution in [1.29, 1.82) is 0 Å². The van der Waals surface area contributed by atoms with Gasteiger partial charge in [-0.1, -0.05) is 64.4 Å². The molecule has 1 aliphatic rings. The van der Waals surface area contributed by atoms with Gasteiger partial charge in [0.1, 0.15) is 22.7 Å². The van der Waals surface area contributed by atoms with E-state index in [4.69, 9.17) is 9.72 Å². The number of aromatic nitrogens is 5. The fraction of sp³-hybridized carbons (Fsp3) is 0.452. The first-order chi connectivity index (χ1) is 28.1. The summed E-state index contributed by atoms with van der Waals surface area (Å²) in [6.45, 7) is 9.18. The molecule has 3 aromatic heterocycles. The number of rotatable bonds is 15. The molecule has 0 radical (unpaired) electrons. The summed E-state index contributed by atoms with van der Waals surface area (Å²) in [6, 6.07) is 13.5. The van der Waals surface area contributed by atoms with Crippen molar-refractivity contribution in [1.82, 2.24) is 45.8 Å². The normalized spacial score (nSPS) is 13.9. The molecule has 4 heterocycles. The van der Waals surface area contributed by atoms with Crippen LogP contribution >= 0.6 is 11.3 Å². The summed E-state index contributed by atoms with van der Waals surface area (Å²) in [4.78, 5) is 70.1. The van der Waals surface area contributed by atoms with E-state index in [0.29, 0.717) is 19.5 Å². The molecule has 6 rings (SSSR count). The van der Waals surface area contributed by atoms with Crippen molar-refractivity contribution >= 4 is 45.9 Å². The number of fused-ring (bicyclic) bond motifs is 1. The van der Waals surface area contributed by atoms with Gasteiger partial charge in [-0.25, -0.2) is 19.7 Å². The predicted octanol–water partition coefficient (Wildman–Crippen LogP) is 6.65. The number of thiazole rings is 1. The van der Waals surface area contributed by atoms with Crippen LogP contribution in [-0.2, 0) is 30.3 Å². The van der Waals surface area contributed by atoms with Gasteiger partial charge < -0.3 is 40.3 Å². The Kier molecular flexibility index (Phi) is 17.9. The molecule has 1 aliphatic heterocycles. The number of likely N-dealkylation sites (tertiary alicyclic amines) is 1. The lowest BCUT2D eigenvalue weighted by Crippen LogP contribution is -2.51. The summed E-state index contributed by atoms with van der Waals surface area (Å²) in [7, 11) is 4.54. The molecule has 1 fully saturated rings. The van der Waals surface area contributed by atoms with Crippen LogP contribution in [0.5, 0.6) is 0 Å². The molecule has 2 unspecified atom stereocenters. The molecule has 16 heteroatoms. The Labute approximate surface area is 344 Å². The topological polar surface area (TPSA) is 196 Å². The zero-order valence-corrected chi connectivity index (χ0v) is 35.3. The summed E-state index contributed by atoms with van der Waals surface area (Å²) < 4.78 is 10.1. The number of alkyl carbamates (subject to hydrolysis) is 1. The van der Waals surface area contributed by atoms with Gasteiger partial charge in [-0.3, -0.25) is 14.4 Å². The van der Waals surface area contributed by atoms with Crippen LogP contribution in [0.3, 0.4) is 0 Å². The molecule has 2 atom stereocenters. The predicted molar refractivity (Wildman–Crippen MR) is 227 cm³/mol. The number of carbonyl (C=O) groups is 4. The van der Waals surface area contributed by atoms with E-state index < -0.39 is 12.1 Å². The second-order valence-corrected chi connectivity index (χ2v) is 15.2. The van der Waals surface area contributed by atoms with Crippen LogP contribution in [0.25, 0.3) is 43.3 Å². The van der Waals surface area contributed by atoms with E-state index >= 15 is 0 Å². The maximum absolute atomic E-state index is 13.5. The minimum Gasteiger partial charge on any atom is -0.453 e. The van der Waals surface area contributed by atoms with E-state index in [0.717, 1.165) is 87.1 Å². The number of aryl methyl sites for hydroxylation is 1. The van der Waals surface area contributed by atoms with Crippen LogP contribution in [0.15, 0.2) is 54.9 Å². The number of hydrogen-bond acceptors (Lipinski definition) is 10. The molecule has 0 aliphatic carbocycles. The first-order valence-corrected chi connectivity index (χ1v) is 20.5. The van der Waals surface area contributed by atoms with Crippen LogP contribution in [0.4, 0.5) is 4.79 Å². The van der Waals surface area contributed by atoms with E-state index in [2.05, 4.69) is 84.8 Å². The first kappa shape index (κ1) is 45.1. The van der Waals surface area contributed by atoms with Crippen molar-refractivity contribution in [2.45, 2.75) is 78.3 Å². The molecule has 0 bridgehead atoms. The zero-order valence-electron chi connectivity index (χ0n) is 34.5. The number of amides is 4. The summed E-state index contributed by atoms with van der Waals surface area (Å²) in [5.41, 5.74) is 5.68. The fourth-order valence-corrected chi connectivity index (χ4v) is 7.29. The number of carbonyl (C=O) groups excluding carboxylic acids is 4. The molecular weight excluding hydrogens is 759 g/mol. The van der Waals surface area contributed by atoms with Crippen molar-refractivity contribution in [3.8, 4) is 33.1 Å². The Balaban J connectivity index is 0.00000117. The second-order valence-electron chi connectivity index (χ2n) is 14.2. The number of ether oxygens (including phenoxy) is 2. The van der Waals surface area contributed by atoms with Crippen molar-refractivity contribution in [3.05, 3.63) is 66.5 Å². The highest BCUT2D eigenvalue weighted by Crippen LogP contribution is 2.35. The third-order valence-corrected chi connectivity index (χ3v) is 10.2. The molecule has 5 aromatic rings. The van der Waals surface area contributed by atoms with E-state index in [1.807, 2.05) is 37.1 Å². The number of aromatic amines is 2. The van der Waals surface area contributed by atoms with Gasteiger partial charge in [0.25, 0.3) is 0 Å². The van der Waals surface area contributed by atoms with Crippen LogP contribution in [0.1, 0.15) is 77.5 Å². The molecule has 4 amide bonds. The Hall–Kier alpha value is -5.61. The van der Waals surface area contributed by atoms with Crippen molar-refractivity contribution in [3.63, 3.8) is 0 Å². The highest BCUT2D eigenvalue weighted by Gasteiger charge is 2.37. The summed E-state index contributed by atoms with van der Waals surface area (Å²) >= 11 is 1.64. The maximum Gasteiger partial charge on any atom is 0.407 e. The third-order valence-electron chi connectivity index (χ3n) is 9.12. The largest absolute Gasteiger partial charge is 0.453 e. The summed E-state index contributed by atoms with van der Waals surface area (Å²) in [6.07, 6.45) is 8.83. The van der Waals surface area contributed by atoms with Crippen LogP contribution in [0.2, 0.25) is 0 Å². The van der Waals surface area contributed by atoms with E-state index in [-0.39, 0.29) is 30.3 Å². The lowest BCUT2D eigenvalue weighted by atomic mass is 10.0. The number of nitrogens with one attached hydrogen (secondary N) is 5. The minimum absolute atomic E-state index is 0.0121. The van der Waals surface area contributed by atoms with Crippen molar-refractivity contribution in [2.75, 3.05) is 41.0 Å². The Morgan fingerprint density at radius 2 is 1.64 bits per heavy atom. The van der Waals surface area contributed by atoms with E-state index in [1.165, 1.54) is 13.5 Å². The molecule has 5 N–H and O–H groups in total. The van der Waals surface area contributed by atoms with Crippen LogP contribution in [-0.4, -0.2) is 101 Å². The van der Waals surface area contributed by atoms with Gasteiger partial charge >= 0.3 is 6.09 Å². The second kappa shape index (κ2) is 23.0. The van der Waals surface area contributed by atoms with Crippen molar-refractivity contribution < 1.29 is 28.7 Å². The Morgan fingerprint density at radius 3 is 2.33 bits per heavy atom. The molecule has 15 nitrogen and oxygen atoms in total. The monoisotopic (exact) mass is 815 g/mol. The molecule has 0 saturated carbocycles. The minimum atomic E-state index is -0.683. The summed E-state index contributed by atoms with van der Waals surface area (Å²) in [5.74, 6) is 1.17. The zero-order chi connectivity index (χ0) is 42.0. The molecule has 2 aromatic carbocycles. The molecular formula is C42H57N9O6S. The number of nitrogens with zero attached hydrogens (tertiary/aromatic N) is 4. The quantitative estimate of drug-likeness (QED) is 0.0568. The number of hydrogen-bond donors (Lipinski definition) is 5. The molecule has 312 valence electrons. The smallest absolute Gasteiger partial charge is 0.407 e. The highest BCUT2D eigenvalue weighted by atomic mass is 32.1. The standard InChI is InChI=1S/C37H43N9O5S.C3H8.C2H6O/c1-22(2)33(45-37(50)51-3)36(49)46-16-6-7-29(46)34-41-19-27(43-34)23-9-11-24(12-10-23)35-44-26-17-25(13-14-30(26)52-35)28-18-40-31(42-28)8-4-5-15-39-32(48)20-38-21-47;2*1-3-2/h9-14,17-19,21-22,29,33H,4-8,15-16,20H2,1-3H3,(H,38,47)(H,39,48)(H,40,42)(H,41,43)(H,45,50);3H2,1-2H3;1-2H3. The summed E-state index contributed by atoms with van der Waals surface area (Å²) in [5, 5.41) is 8.74. The van der Waals surface area contributed by atoms with Gasteiger partial charge in [-0.05, 0) is 49.3 Å². The number of H-pyrrole nitrogens is 2. The van der Waals surface area contributed by atoms with Gasteiger partial charge in [0, 0.05) is 44.9 Å². The maximum atomic E-state index is 13.5. The van der Waals surface area contributed by atoms with Gasteiger partial charge in [0.2, 0.25) is 18.2 Å². The molecule has 58 heavy (non-hydrogen) atoms. The van der Waals surface area contributed by atoms with E-state index in [1.54, 1.807) is 31.8 Å². The van der Waals surface area contributed by atoms with Gasteiger partial charge in [0.05, 0.1) is 53.7 Å². The average molecular weight is 816 g/mol. The number of unbranched alkanes of at least 4 members (excludes halogenated alkanes) is 1. The Morgan fingerprint density at radius 1 is 0.966 bits per heavy atom. The van der Waals surface area contributed by atoms with Crippen LogP contribution in [0, 0.1) is 5.92 Å². The van der Waals surface area contributed by atoms with E-state index in [9.17, 15) is 19.2 Å². The lowest BCUT2D eigenvalue weighted by Gasteiger charge is -2.30. The average Bonchev–Trinajstić information content (AvgIpc) is 4.06. The van der Waals surface area contributed by atoms with Gasteiger partial charge in [-0.2, -0.15) is 0 Å². The first-order valence-electron chi connectivity index (χ1n) is 19.7.